The van der Waals surface area contributed by atoms with Crippen LogP contribution in [-0.4, -0.2) is 27.4 Å². The van der Waals surface area contributed by atoms with Crippen LogP contribution in [0, 0.1) is 11.6 Å². The molecule has 0 saturated heterocycles. The smallest absolute Gasteiger partial charge is 0.248 e. The maximum absolute atomic E-state index is 13.6. The molecule has 3 aromatic carbocycles. The van der Waals surface area contributed by atoms with Gasteiger partial charge < -0.3 is 14.8 Å². The van der Waals surface area contributed by atoms with Gasteiger partial charge in [0.25, 0.3) is 0 Å². The fraction of sp³-hybridized carbons (Fsp3) is 0.231. The van der Waals surface area contributed by atoms with Crippen LogP contribution in [0.5, 0.6) is 0 Å². The molecule has 168 valence electrons. The summed E-state index contributed by atoms with van der Waals surface area (Å²) in [6.07, 6.45) is 2.36. The highest BCUT2D eigenvalue weighted by molar-refractivity contribution is 5.60. The number of nitrogens with zero attached hydrogens (tertiary/aromatic N) is 2. The number of nitrogens with one attached hydrogen (secondary N) is 1. The number of aliphatic hydroxyl groups is 1. The SMILES string of the molecule is OC[C@]1(NCc2ccccc2)CCc2ccc(-c3nnc(-c4ccc(F)c(F)c4)o3)cc2C1. The Kier molecular flexibility index (Phi) is 5.74. The Labute approximate surface area is 190 Å². The van der Waals surface area contributed by atoms with E-state index >= 15 is 0 Å². The second kappa shape index (κ2) is 8.84. The second-order valence-corrected chi connectivity index (χ2v) is 8.48. The molecule has 7 heteroatoms. The van der Waals surface area contributed by atoms with Crippen LogP contribution < -0.4 is 5.32 Å². The Morgan fingerprint density at radius 2 is 1.61 bits per heavy atom. The molecular formula is C26H23F2N3O2. The third kappa shape index (κ3) is 4.42. The third-order valence-electron chi connectivity index (χ3n) is 6.26. The van der Waals surface area contributed by atoms with Gasteiger partial charge >= 0.3 is 0 Å². The van der Waals surface area contributed by atoms with Gasteiger partial charge in [-0.05, 0) is 66.3 Å². The summed E-state index contributed by atoms with van der Waals surface area (Å²) in [4.78, 5) is 0. The first-order valence-electron chi connectivity index (χ1n) is 10.9. The number of rotatable bonds is 6. The molecule has 0 fully saturated rings. The molecular weight excluding hydrogens is 424 g/mol. The van der Waals surface area contributed by atoms with Gasteiger partial charge in [-0.3, -0.25) is 0 Å². The normalized spacial score (nSPS) is 17.7. The van der Waals surface area contributed by atoms with Gasteiger partial charge in [0.1, 0.15) is 0 Å². The highest BCUT2D eigenvalue weighted by atomic mass is 19.2. The quantitative estimate of drug-likeness (QED) is 0.449. The van der Waals surface area contributed by atoms with Gasteiger partial charge in [-0.1, -0.05) is 36.4 Å². The van der Waals surface area contributed by atoms with E-state index in [1.54, 1.807) is 0 Å². The van der Waals surface area contributed by atoms with E-state index in [0.29, 0.717) is 24.4 Å². The molecule has 0 radical (unpaired) electrons. The molecule has 1 atom stereocenters. The molecule has 0 spiro atoms. The van der Waals surface area contributed by atoms with Crippen LogP contribution >= 0.6 is 0 Å². The number of halogens is 2. The summed E-state index contributed by atoms with van der Waals surface area (Å²) in [7, 11) is 0. The number of aromatic nitrogens is 2. The molecule has 1 heterocycles. The van der Waals surface area contributed by atoms with Crippen LogP contribution in [-0.2, 0) is 19.4 Å². The van der Waals surface area contributed by atoms with Gasteiger partial charge in [0.2, 0.25) is 11.8 Å². The van der Waals surface area contributed by atoms with Crippen LogP contribution in [0.1, 0.15) is 23.1 Å². The Bertz CT molecular complexity index is 1280. The van der Waals surface area contributed by atoms with Gasteiger partial charge in [0.15, 0.2) is 11.6 Å². The summed E-state index contributed by atoms with van der Waals surface area (Å²) in [5.74, 6) is -1.48. The molecule has 0 bridgehead atoms. The van der Waals surface area contributed by atoms with Gasteiger partial charge in [0, 0.05) is 23.2 Å². The van der Waals surface area contributed by atoms with Crippen LogP contribution in [0.25, 0.3) is 22.9 Å². The molecule has 0 aliphatic heterocycles. The van der Waals surface area contributed by atoms with Crippen LogP contribution in [0.4, 0.5) is 8.78 Å². The van der Waals surface area contributed by atoms with E-state index in [0.717, 1.165) is 36.1 Å². The van der Waals surface area contributed by atoms with E-state index in [9.17, 15) is 13.9 Å². The second-order valence-electron chi connectivity index (χ2n) is 8.48. The molecule has 2 N–H and O–H groups in total. The monoisotopic (exact) mass is 447 g/mol. The molecule has 4 aromatic rings. The number of fused-ring (bicyclic) bond motifs is 1. The minimum atomic E-state index is -0.968. The lowest BCUT2D eigenvalue weighted by molar-refractivity contribution is 0.143. The summed E-state index contributed by atoms with van der Waals surface area (Å²) in [5, 5.41) is 21.9. The average Bonchev–Trinajstić information content (AvgIpc) is 3.35. The zero-order valence-corrected chi connectivity index (χ0v) is 17.9. The molecule has 5 nitrogen and oxygen atoms in total. The molecule has 0 amide bonds. The first-order valence-corrected chi connectivity index (χ1v) is 10.9. The minimum absolute atomic E-state index is 0.0321. The molecule has 0 saturated carbocycles. The summed E-state index contributed by atoms with van der Waals surface area (Å²) < 4.78 is 32.5. The maximum Gasteiger partial charge on any atom is 0.248 e. The largest absolute Gasteiger partial charge is 0.416 e. The van der Waals surface area contributed by atoms with E-state index in [4.69, 9.17) is 4.42 Å². The van der Waals surface area contributed by atoms with Gasteiger partial charge in [-0.15, -0.1) is 10.2 Å². The maximum atomic E-state index is 13.6. The van der Waals surface area contributed by atoms with Crippen molar-refractivity contribution in [2.75, 3.05) is 6.61 Å². The zero-order valence-electron chi connectivity index (χ0n) is 17.9. The lowest BCUT2D eigenvalue weighted by Gasteiger charge is -2.38. The Hall–Kier alpha value is -3.42. The average molecular weight is 447 g/mol. The van der Waals surface area contributed by atoms with Crippen molar-refractivity contribution in [2.45, 2.75) is 31.3 Å². The van der Waals surface area contributed by atoms with Crippen molar-refractivity contribution in [1.29, 1.82) is 0 Å². The fourth-order valence-corrected chi connectivity index (χ4v) is 4.31. The number of hydrogen-bond donors (Lipinski definition) is 2. The molecule has 1 aliphatic carbocycles. The highest BCUT2D eigenvalue weighted by Crippen LogP contribution is 2.33. The zero-order chi connectivity index (χ0) is 22.8. The van der Waals surface area contributed by atoms with Crippen molar-refractivity contribution in [3.05, 3.63) is 95.1 Å². The van der Waals surface area contributed by atoms with Crippen molar-refractivity contribution >= 4 is 0 Å². The number of benzene rings is 3. The highest BCUT2D eigenvalue weighted by Gasteiger charge is 2.33. The van der Waals surface area contributed by atoms with E-state index in [1.807, 2.05) is 36.4 Å². The van der Waals surface area contributed by atoms with Crippen molar-refractivity contribution in [3.63, 3.8) is 0 Å². The van der Waals surface area contributed by atoms with Gasteiger partial charge in [-0.25, -0.2) is 8.78 Å². The summed E-state index contributed by atoms with van der Waals surface area (Å²) in [5.41, 5.74) is 4.15. The summed E-state index contributed by atoms with van der Waals surface area (Å²) in [6.45, 7) is 0.710. The fourth-order valence-electron chi connectivity index (χ4n) is 4.31. The van der Waals surface area contributed by atoms with Crippen LogP contribution in [0.2, 0.25) is 0 Å². The van der Waals surface area contributed by atoms with Gasteiger partial charge in [0.05, 0.1) is 6.61 Å². The molecule has 33 heavy (non-hydrogen) atoms. The van der Waals surface area contributed by atoms with Crippen LogP contribution in [0.15, 0.2) is 71.1 Å². The first kappa shape index (κ1) is 21.4. The van der Waals surface area contributed by atoms with E-state index in [2.05, 4.69) is 27.6 Å². The summed E-state index contributed by atoms with van der Waals surface area (Å²) in [6, 6.07) is 19.6. The topological polar surface area (TPSA) is 71.2 Å². The lowest BCUT2D eigenvalue weighted by atomic mass is 9.77. The predicted octanol–water partition coefficient (Wildman–Crippen LogP) is 4.69. The number of aliphatic hydroxyl groups excluding tert-OH is 1. The predicted molar refractivity (Wildman–Crippen MR) is 120 cm³/mol. The number of hydrogen-bond acceptors (Lipinski definition) is 5. The summed E-state index contributed by atoms with van der Waals surface area (Å²) >= 11 is 0. The molecule has 1 aromatic heterocycles. The Balaban J connectivity index is 1.38. The first-order chi connectivity index (χ1) is 16.0. The Morgan fingerprint density at radius 1 is 0.879 bits per heavy atom. The van der Waals surface area contributed by atoms with Crippen molar-refractivity contribution in [1.82, 2.24) is 15.5 Å². The van der Waals surface area contributed by atoms with Crippen molar-refractivity contribution in [2.24, 2.45) is 0 Å². The van der Waals surface area contributed by atoms with Crippen LogP contribution in [0.3, 0.4) is 0 Å². The molecule has 0 unspecified atom stereocenters. The van der Waals surface area contributed by atoms with Crippen molar-refractivity contribution < 1.29 is 18.3 Å². The van der Waals surface area contributed by atoms with E-state index < -0.39 is 17.2 Å². The van der Waals surface area contributed by atoms with E-state index in [1.165, 1.54) is 17.2 Å². The lowest BCUT2D eigenvalue weighted by Crippen LogP contribution is -2.52. The Morgan fingerprint density at radius 3 is 2.33 bits per heavy atom. The van der Waals surface area contributed by atoms with Crippen molar-refractivity contribution in [3.8, 4) is 22.9 Å². The van der Waals surface area contributed by atoms with Gasteiger partial charge in [-0.2, -0.15) is 0 Å². The minimum Gasteiger partial charge on any atom is -0.416 e. The number of aryl methyl sites for hydroxylation is 1. The standard InChI is InChI=1S/C26H23F2N3O2/c27-22-9-8-20(13-23(22)28)25-31-30-24(33-25)19-7-6-18-10-11-26(16-32,14-21(18)12-19)29-15-17-4-2-1-3-5-17/h1-9,12-13,29,32H,10-11,14-16H2/t26-/m0/s1. The molecule has 5 rings (SSSR count). The third-order valence-corrected chi connectivity index (χ3v) is 6.26. The molecule has 1 aliphatic rings. The van der Waals surface area contributed by atoms with E-state index in [-0.39, 0.29) is 12.5 Å².